The largest absolute Gasteiger partial charge is 0.382 e. The van der Waals surface area contributed by atoms with Crippen LogP contribution in [0.1, 0.15) is 24.3 Å². The molecule has 0 amide bonds. The minimum Gasteiger partial charge on any atom is -0.382 e. The molecular formula is C20H32IN3O2. The van der Waals surface area contributed by atoms with E-state index >= 15 is 0 Å². The first-order valence-corrected chi connectivity index (χ1v) is 9.39. The van der Waals surface area contributed by atoms with Crippen LogP contribution in [0, 0.1) is 11.8 Å². The molecule has 6 heteroatoms. The molecule has 1 aliphatic heterocycles. The predicted molar refractivity (Wildman–Crippen MR) is 116 cm³/mol. The summed E-state index contributed by atoms with van der Waals surface area (Å²) in [5, 5.41) is 3.59. The molecule has 26 heavy (non-hydrogen) atoms. The third-order valence-electron chi connectivity index (χ3n) is 5.26. The molecule has 1 saturated carbocycles. The topological polar surface area (TPSA) is 46.1 Å². The van der Waals surface area contributed by atoms with Crippen molar-refractivity contribution in [3.63, 3.8) is 0 Å². The Morgan fingerprint density at radius 1 is 1.27 bits per heavy atom. The maximum absolute atomic E-state index is 5.68. The molecule has 2 aliphatic rings. The van der Waals surface area contributed by atoms with Gasteiger partial charge < -0.3 is 19.7 Å². The standard InChI is InChI=1S/C20H31N3O2.HI/c1-21-20(23-9-8-16(14-23)15-25-11-10-24-2)22-13-18-12-19(18)17-6-4-3-5-7-17;/h3-7,16,18-19H,8-15H2,1-2H3,(H,21,22);1H. The van der Waals surface area contributed by atoms with Crippen molar-refractivity contribution in [2.24, 2.45) is 16.8 Å². The van der Waals surface area contributed by atoms with Crippen molar-refractivity contribution in [3.05, 3.63) is 35.9 Å². The van der Waals surface area contributed by atoms with Gasteiger partial charge in [-0.3, -0.25) is 4.99 Å². The van der Waals surface area contributed by atoms with Gasteiger partial charge in [-0.15, -0.1) is 24.0 Å². The monoisotopic (exact) mass is 473 g/mol. The number of halogens is 1. The van der Waals surface area contributed by atoms with Crippen LogP contribution in [0.2, 0.25) is 0 Å². The van der Waals surface area contributed by atoms with Crippen LogP contribution in [0.4, 0.5) is 0 Å². The fourth-order valence-corrected chi connectivity index (χ4v) is 3.69. The van der Waals surface area contributed by atoms with Crippen molar-refractivity contribution in [2.75, 3.05) is 53.6 Å². The summed E-state index contributed by atoms with van der Waals surface area (Å²) in [6.45, 7) is 5.27. The molecule has 1 N–H and O–H groups in total. The molecule has 3 atom stereocenters. The Balaban J connectivity index is 0.00000243. The maximum Gasteiger partial charge on any atom is 0.193 e. The Hall–Kier alpha value is -0.860. The molecule has 1 aromatic rings. The van der Waals surface area contributed by atoms with E-state index in [4.69, 9.17) is 9.47 Å². The fraction of sp³-hybridized carbons (Fsp3) is 0.650. The van der Waals surface area contributed by atoms with Gasteiger partial charge in [0.2, 0.25) is 0 Å². The summed E-state index contributed by atoms with van der Waals surface area (Å²) in [5.41, 5.74) is 1.47. The highest BCUT2D eigenvalue weighted by molar-refractivity contribution is 14.0. The second-order valence-corrected chi connectivity index (χ2v) is 7.11. The Morgan fingerprint density at radius 3 is 2.81 bits per heavy atom. The van der Waals surface area contributed by atoms with Gasteiger partial charge in [-0.05, 0) is 30.2 Å². The number of ether oxygens (including phenoxy) is 2. The van der Waals surface area contributed by atoms with Crippen molar-refractivity contribution < 1.29 is 9.47 Å². The van der Waals surface area contributed by atoms with Crippen molar-refractivity contribution in [2.45, 2.75) is 18.8 Å². The summed E-state index contributed by atoms with van der Waals surface area (Å²) in [7, 11) is 3.59. The Kier molecular flexibility index (Phi) is 9.15. The molecule has 3 rings (SSSR count). The van der Waals surface area contributed by atoms with Gasteiger partial charge in [-0.25, -0.2) is 0 Å². The number of methoxy groups -OCH3 is 1. The molecule has 0 aromatic heterocycles. The lowest BCUT2D eigenvalue weighted by Crippen LogP contribution is -2.41. The first kappa shape index (κ1) is 21.4. The fourth-order valence-electron chi connectivity index (χ4n) is 3.69. The van der Waals surface area contributed by atoms with Gasteiger partial charge in [-0.1, -0.05) is 30.3 Å². The van der Waals surface area contributed by atoms with E-state index in [1.165, 1.54) is 18.4 Å². The molecule has 1 aliphatic carbocycles. The van der Waals surface area contributed by atoms with Gasteiger partial charge in [0.05, 0.1) is 19.8 Å². The number of hydrogen-bond donors (Lipinski definition) is 1. The summed E-state index contributed by atoms with van der Waals surface area (Å²) in [5.74, 6) is 3.08. The SMILES string of the molecule is CN=C(NCC1CC1c1ccccc1)N1CCC(COCCOC)C1.I. The van der Waals surface area contributed by atoms with Crippen LogP contribution >= 0.6 is 24.0 Å². The van der Waals surface area contributed by atoms with Crippen LogP contribution in [0.5, 0.6) is 0 Å². The van der Waals surface area contributed by atoms with E-state index < -0.39 is 0 Å². The minimum atomic E-state index is 0. The third-order valence-corrected chi connectivity index (χ3v) is 5.26. The van der Waals surface area contributed by atoms with Gasteiger partial charge in [-0.2, -0.15) is 0 Å². The van der Waals surface area contributed by atoms with Crippen LogP contribution in [0.25, 0.3) is 0 Å². The van der Waals surface area contributed by atoms with Gasteiger partial charge >= 0.3 is 0 Å². The van der Waals surface area contributed by atoms with E-state index in [9.17, 15) is 0 Å². The summed E-state index contributed by atoms with van der Waals surface area (Å²) < 4.78 is 10.7. The number of benzene rings is 1. The molecule has 146 valence electrons. The van der Waals surface area contributed by atoms with E-state index in [0.29, 0.717) is 25.0 Å². The smallest absolute Gasteiger partial charge is 0.193 e. The lowest BCUT2D eigenvalue weighted by atomic mass is 10.1. The van der Waals surface area contributed by atoms with Gasteiger partial charge in [0.15, 0.2) is 5.96 Å². The molecule has 0 bridgehead atoms. The molecular weight excluding hydrogens is 441 g/mol. The van der Waals surface area contributed by atoms with Crippen LogP contribution < -0.4 is 5.32 Å². The van der Waals surface area contributed by atoms with E-state index in [1.807, 2.05) is 7.05 Å². The van der Waals surface area contributed by atoms with Gasteiger partial charge in [0.25, 0.3) is 0 Å². The first-order valence-electron chi connectivity index (χ1n) is 9.39. The predicted octanol–water partition coefficient (Wildman–Crippen LogP) is 2.97. The number of nitrogens with zero attached hydrogens (tertiary/aromatic N) is 2. The molecule has 5 nitrogen and oxygen atoms in total. The van der Waals surface area contributed by atoms with Crippen LogP contribution in [0.15, 0.2) is 35.3 Å². The first-order chi connectivity index (χ1) is 12.3. The normalized spacial score (nSPS) is 25.1. The Morgan fingerprint density at radius 2 is 2.08 bits per heavy atom. The molecule has 3 unspecified atom stereocenters. The minimum absolute atomic E-state index is 0. The van der Waals surface area contributed by atoms with Crippen molar-refractivity contribution >= 4 is 29.9 Å². The lowest BCUT2D eigenvalue weighted by molar-refractivity contribution is 0.0536. The van der Waals surface area contributed by atoms with E-state index in [2.05, 4.69) is 45.5 Å². The third kappa shape index (κ3) is 6.09. The van der Waals surface area contributed by atoms with Crippen molar-refractivity contribution in [1.29, 1.82) is 0 Å². The highest BCUT2D eigenvalue weighted by atomic mass is 127. The van der Waals surface area contributed by atoms with E-state index in [1.54, 1.807) is 7.11 Å². The zero-order valence-corrected chi connectivity index (χ0v) is 18.2. The highest BCUT2D eigenvalue weighted by Crippen LogP contribution is 2.46. The number of likely N-dealkylation sites (tertiary alicyclic amines) is 1. The zero-order chi connectivity index (χ0) is 17.5. The Labute approximate surface area is 174 Å². The number of rotatable bonds is 8. The summed E-state index contributed by atoms with van der Waals surface area (Å²) in [6, 6.07) is 10.8. The van der Waals surface area contributed by atoms with Crippen LogP contribution in [-0.2, 0) is 9.47 Å². The van der Waals surface area contributed by atoms with Crippen LogP contribution in [-0.4, -0.2) is 64.5 Å². The number of nitrogens with one attached hydrogen (secondary N) is 1. The van der Waals surface area contributed by atoms with E-state index in [-0.39, 0.29) is 24.0 Å². The zero-order valence-electron chi connectivity index (χ0n) is 15.9. The quantitative estimate of drug-likeness (QED) is 0.273. The number of hydrogen-bond acceptors (Lipinski definition) is 3. The molecule has 1 saturated heterocycles. The number of guanidine groups is 1. The summed E-state index contributed by atoms with van der Waals surface area (Å²) >= 11 is 0. The highest BCUT2D eigenvalue weighted by Gasteiger charge is 2.38. The summed E-state index contributed by atoms with van der Waals surface area (Å²) in [4.78, 5) is 6.85. The Bertz CT molecular complexity index is 555. The number of aliphatic imine (C=N–C) groups is 1. The van der Waals surface area contributed by atoms with Crippen molar-refractivity contribution in [1.82, 2.24) is 10.2 Å². The average Bonchev–Trinajstić information content (AvgIpc) is 3.28. The average molecular weight is 473 g/mol. The molecule has 0 radical (unpaired) electrons. The maximum atomic E-state index is 5.68. The second-order valence-electron chi connectivity index (χ2n) is 7.11. The van der Waals surface area contributed by atoms with Crippen LogP contribution in [0.3, 0.4) is 0 Å². The molecule has 0 spiro atoms. The summed E-state index contributed by atoms with van der Waals surface area (Å²) in [6.07, 6.45) is 2.45. The molecule has 1 heterocycles. The van der Waals surface area contributed by atoms with Gasteiger partial charge in [0.1, 0.15) is 0 Å². The second kappa shape index (κ2) is 11.1. The van der Waals surface area contributed by atoms with Crippen molar-refractivity contribution in [3.8, 4) is 0 Å². The molecule has 1 aromatic carbocycles. The lowest BCUT2D eigenvalue weighted by Gasteiger charge is -2.22. The van der Waals surface area contributed by atoms with E-state index in [0.717, 1.165) is 38.1 Å². The molecule has 2 fully saturated rings. The van der Waals surface area contributed by atoms with Gasteiger partial charge in [0, 0.05) is 39.7 Å².